The first-order valence-electron chi connectivity index (χ1n) is 10.9. The standard InChI is InChI=1S/C23H27FN4O3S2/c1-32-14-10-20(27-33(30,31)21-7-3-2-6-19(21)24)23(29)28-12-8-16(9-13-28)18-15-26-22-17(18)5-4-11-25-22/h2-7,11,15-16,20,27H,8-10,12-14H2,1H3,(H,25,26). The Morgan fingerprint density at radius 1 is 1.27 bits per heavy atom. The second kappa shape index (κ2) is 10.2. The van der Waals surface area contributed by atoms with Crippen molar-refractivity contribution in [2.24, 2.45) is 0 Å². The third-order valence-corrected chi connectivity index (χ3v) is 8.21. The molecule has 1 atom stereocenters. The van der Waals surface area contributed by atoms with Crippen LogP contribution in [0.3, 0.4) is 0 Å². The van der Waals surface area contributed by atoms with Crippen LogP contribution < -0.4 is 4.72 Å². The van der Waals surface area contributed by atoms with Crippen LogP contribution in [0.4, 0.5) is 4.39 Å². The molecule has 1 fully saturated rings. The smallest absolute Gasteiger partial charge is 0.244 e. The van der Waals surface area contributed by atoms with Crippen LogP contribution in [0.15, 0.2) is 53.7 Å². The van der Waals surface area contributed by atoms with E-state index in [0.717, 1.165) is 29.9 Å². The normalized spacial score (nSPS) is 16.2. The number of thioether (sulfide) groups is 1. The molecule has 4 rings (SSSR count). The lowest BCUT2D eigenvalue weighted by atomic mass is 9.89. The van der Waals surface area contributed by atoms with Crippen LogP contribution >= 0.6 is 11.8 Å². The van der Waals surface area contributed by atoms with Gasteiger partial charge in [0.15, 0.2) is 0 Å². The highest BCUT2D eigenvalue weighted by molar-refractivity contribution is 7.98. The number of H-pyrrole nitrogens is 1. The number of nitrogens with zero attached hydrogens (tertiary/aromatic N) is 2. The maximum atomic E-state index is 14.1. The minimum atomic E-state index is -4.17. The fourth-order valence-corrected chi connectivity index (χ4v) is 6.10. The summed E-state index contributed by atoms with van der Waals surface area (Å²) < 4.78 is 42.2. The highest BCUT2D eigenvalue weighted by Gasteiger charge is 2.33. The van der Waals surface area contributed by atoms with Gasteiger partial charge < -0.3 is 9.88 Å². The van der Waals surface area contributed by atoms with E-state index in [0.29, 0.717) is 31.2 Å². The van der Waals surface area contributed by atoms with Crippen molar-refractivity contribution in [2.75, 3.05) is 25.1 Å². The first-order valence-corrected chi connectivity index (χ1v) is 13.7. The van der Waals surface area contributed by atoms with Crippen LogP contribution in [0.5, 0.6) is 0 Å². The molecule has 1 aliphatic heterocycles. The van der Waals surface area contributed by atoms with Crippen molar-refractivity contribution in [1.29, 1.82) is 0 Å². The van der Waals surface area contributed by atoms with Crippen molar-refractivity contribution < 1.29 is 17.6 Å². The van der Waals surface area contributed by atoms with Crippen molar-refractivity contribution in [1.82, 2.24) is 19.6 Å². The van der Waals surface area contributed by atoms with Crippen LogP contribution in [0, 0.1) is 5.82 Å². The molecule has 1 saturated heterocycles. The summed E-state index contributed by atoms with van der Waals surface area (Å²) in [6.07, 6.45) is 7.53. The van der Waals surface area contributed by atoms with Gasteiger partial charge in [-0.2, -0.15) is 16.5 Å². The molecule has 1 amide bonds. The summed E-state index contributed by atoms with van der Waals surface area (Å²) in [7, 11) is -4.17. The number of sulfonamides is 1. The Bertz CT molecular complexity index is 1220. The first-order chi connectivity index (χ1) is 15.9. The number of piperidine rings is 1. The summed E-state index contributed by atoms with van der Waals surface area (Å²) in [5, 5.41) is 1.10. The molecule has 33 heavy (non-hydrogen) atoms. The number of carbonyl (C=O) groups is 1. The topological polar surface area (TPSA) is 95.2 Å². The molecule has 1 aliphatic rings. The number of nitrogens with one attached hydrogen (secondary N) is 2. The van der Waals surface area contributed by atoms with Gasteiger partial charge in [-0.3, -0.25) is 4.79 Å². The third kappa shape index (κ3) is 5.23. The minimum Gasteiger partial charge on any atom is -0.346 e. The predicted octanol–water partition coefficient (Wildman–Crippen LogP) is 3.51. The number of halogens is 1. The molecule has 10 heteroatoms. The van der Waals surface area contributed by atoms with E-state index < -0.39 is 26.8 Å². The molecule has 7 nitrogen and oxygen atoms in total. The lowest BCUT2D eigenvalue weighted by Gasteiger charge is -2.34. The molecule has 0 aliphatic carbocycles. The molecule has 1 aromatic carbocycles. The maximum Gasteiger partial charge on any atom is 0.244 e. The van der Waals surface area contributed by atoms with Crippen molar-refractivity contribution in [3.8, 4) is 0 Å². The Labute approximate surface area is 197 Å². The largest absolute Gasteiger partial charge is 0.346 e. The molecule has 1 unspecified atom stereocenters. The number of hydrogen-bond acceptors (Lipinski definition) is 5. The number of benzene rings is 1. The summed E-state index contributed by atoms with van der Waals surface area (Å²) >= 11 is 1.53. The van der Waals surface area contributed by atoms with E-state index in [1.54, 1.807) is 11.1 Å². The molecular weight excluding hydrogens is 463 g/mol. The molecule has 3 aromatic rings. The van der Waals surface area contributed by atoms with Gasteiger partial charge in [-0.1, -0.05) is 12.1 Å². The van der Waals surface area contributed by atoms with E-state index in [1.807, 2.05) is 24.6 Å². The summed E-state index contributed by atoms with van der Waals surface area (Å²) in [5.74, 6) is -0.195. The number of fused-ring (bicyclic) bond motifs is 1. The highest BCUT2D eigenvalue weighted by Crippen LogP contribution is 2.33. The second-order valence-corrected chi connectivity index (χ2v) is 10.8. The lowest BCUT2D eigenvalue weighted by Crippen LogP contribution is -2.50. The Kier molecular flexibility index (Phi) is 7.35. The summed E-state index contributed by atoms with van der Waals surface area (Å²) in [5.41, 5.74) is 2.05. The third-order valence-electron chi connectivity index (χ3n) is 6.06. The van der Waals surface area contributed by atoms with Gasteiger partial charge in [0.25, 0.3) is 0 Å². The van der Waals surface area contributed by atoms with E-state index in [4.69, 9.17) is 0 Å². The van der Waals surface area contributed by atoms with Crippen LogP contribution in [0.1, 0.15) is 30.7 Å². The van der Waals surface area contributed by atoms with Gasteiger partial charge in [0.05, 0.1) is 0 Å². The monoisotopic (exact) mass is 490 g/mol. The summed E-state index contributed by atoms with van der Waals surface area (Å²) in [6, 6.07) is 8.21. The molecular formula is C23H27FN4O3S2. The molecule has 3 heterocycles. The Morgan fingerprint density at radius 3 is 2.76 bits per heavy atom. The van der Waals surface area contributed by atoms with E-state index >= 15 is 0 Å². The van der Waals surface area contributed by atoms with Gasteiger partial charge in [0.1, 0.15) is 22.4 Å². The summed E-state index contributed by atoms with van der Waals surface area (Å²) in [4.78, 5) is 22.1. The number of hydrogen-bond donors (Lipinski definition) is 2. The quantitative estimate of drug-likeness (QED) is 0.504. The Hall–Kier alpha value is -2.43. The first kappa shape index (κ1) is 23.7. The molecule has 2 N–H and O–H groups in total. The molecule has 0 spiro atoms. The maximum absolute atomic E-state index is 14.1. The zero-order valence-electron chi connectivity index (χ0n) is 18.3. The van der Waals surface area contributed by atoms with Gasteiger partial charge in [0.2, 0.25) is 15.9 Å². The number of aromatic nitrogens is 2. The SMILES string of the molecule is CSCCC(NS(=O)(=O)c1ccccc1F)C(=O)N1CCC(c2c[nH]c3ncccc23)CC1. The van der Waals surface area contributed by atoms with Gasteiger partial charge in [-0.25, -0.2) is 17.8 Å². The van der Waals surface area contributed by atoms with Gasteiger partial charge in [0, 0.05) is 30.9 Å². The number of pyridine rings is 1. The van der Waals surface area contributed by atoms with Crippen LogP contribution in [-0.2, 0) is 14.8 Å². The van der Waals surface area contributed by atoms with Gasteiger partial charge in [-0.15, -0.1) is 0 Å². The van der Waals surface area contributed by atoms with E-state index in [-0.39, 0.29) is 5.91 Å². The zero-order chi connectivity index (χ0) is 23.4. The Balaban J connectivity index is 1.46. The average Bonchev–Trinajstić information content (AvgIpc) is 3.26. The number of aromatic amines is 1. The van der Waals surface area contributed by atoms with E-state index in [2.05, 4.69) is 14.7 Å². The number of likely N-dealkylation sites (tertiary alicyclic amines) is 1. The highest BCUT2D eigenvalue weighted by atomic mass is 32.2. The lowest BCUT2D eigenvalue weighted by molar-refractivity contribution is -0.134. The molecule has 0 saturated carbocycles. The van der Waals surface area contributed by atoms with Crippen molar-refractivity contribution in [3.05, 3.63) is 60.2 Å². The molecule has 0 radical (unpaired) electrons. The Morgan fingerprint density at radius 2 is 2.03 bits per heavy atom. The van der Waals surface area contributed by atoms with E-state index in [1.165, 1.54) is 35.5 Å². The molecule has 176 valence electrons. The van der Waals surface area contributed by atoms with Crippen LogP contribution in [0.2, 0.25) is 0 Å². The van der Waals surface area contributed by atoms with Gasteiger partial charge >= 0.3 is 0 Å². The summed E-state index contributed by atoms with van der Waals surface area (Å²) in [6.45, 7) is 1.07. The minimum absolute atomic E-state index is 0.261. The van der Waals surface area contributed by atoms with Crippen LogP contribution in [0.25, 0.3) is 11.0 Å². The van der Waals surface area contributed by atoms with Crippen LogP contribution in [-0.4, -0.2) is 60.3 Å². The van der Waals surface area contributed by atoms with E-state index in [9.17, 15) is 17.6 Å². The fraction of sp³-hybridized carbons (Fsp3) is 0.391. The van der Waals surface area contributed by atoms with Gasteiger partial charge in [-0.05, 0) is 67.0 Å². The molecule has 0 bridgehead atoms. The van der Waals surface area contributed by atoms with Crippen molar-refractivity contribution in [2.45, 2.75) is 36.1 Å². The predicted molar refractivity (Wildman–Crippen MR) is 128 cm³/mol. The average molecular weight is 491 g/mol. The molecule has 2 aromatic heterocycles. The zero-order valence-corrected chi connectivity index (χ0v) is 20.0. The number of rotatable bonds is 8. The number of carbonyl (C=O) groups excluding carboxylic acids is 1. The second-order valence-electron chi connectivity index (χ2n) is 8.13. The van der Waals surface area contributed by atoms with Crippen molar-refractivity contribution in [3.63, 3.8) is 0 Å². The fourth-order valence-electron chi connectivity index (χ4n) is 4.33. The van der Waals surface area contributed by atoms with Crippen molar-refractivity contribution >= 4 is 38.7 Å². The number of amides is 1.